The average Bonchev–Trinajstić information content (AvgIpc) is 3.38. The fourth-order valence-corrected chi connectivity index (χ4v) is 5.64. The van der Waals surface area contributed by atoms with E-state index in [1.165, 1.54) is 16.7 Å². The lowest BCUT2D eigenvalue weighted by molar-refractivity contribution is 0.374. The molecule has 4 heteroatoms. The van der Waals surface area contributed by atoms with E-state index in [0.29, 0.717) is 0 Å². The third kappa shape index (κ3) is 3.40. The van der Waals surface area contributed by atoms with Crippen LogP contribution in [-0.4, -0.2) is 5.84 Å². The first kappa shape index (κ1) is 21.5. The molecule has 2 aliphatic heterocycles. The van der Waals surface area contributed by atoms with Crippen LogP contribution in [0, 0.1) is 0 Å². The number of rotatable bonds is 5. The summed E-state index contributed by atoms with van der Waals surface area (Å²) in [5.41, 5.74) is 9.15. The van der Waals surface area contributed by atoms with Crippen LogP contribution in [0.5, 0.6) is 11.5 Å². The average molecular weight is 460 g/mol. The van der Waals surface area contributed by atoms with Crippen LogP contribution in [-0.2, 0) is 5.41 Å². The van der Waals surface area contributed by atoms with E-state index in [1.54, 1.807) is 0 Å². The van der Waals surface area contributed by atoms with Gasteiger partial charge in [-0.3, -0.25) is 10.3 Å². The highest BCUT2D eigenvalue weighted by Crippen LogP contribution is 2.52. The molecule has 2 heterocycles. The van der Waals surface area contributed by atoms with Crippen LogP contribution in [0.3, 0.4) is 0 Å². The molecule has 1 atom stereocenters. The Bertz CT molecular complexity index is 1380. The van der Waals surface area contributed by atoms with Crippen molar-refractivity contribution in [2.75, 3.05) is 4.90 Å². The fourth-order valence-electron chi connectivity index (χ4n) is 5.64. The van der Waals surface area contributed by atoms with E-state index in [4.69, 9.17) is 9.84 Å². The molecule has 1 N–H and O–H groups in total. The van der Waals surface area contributed by atoms with E-state index >= 15 is 0 Å². The Morgan fingerprint density at radius 1 is 0.771 bits per heavy atom. The Morgan fingerprint density at radius 2 is 1.43 bits per heavy atom. The molecule has 0 fully saturated rings. The van der Waals surface area contributed by atoms with Crippen molar-refractivity contribution in [1.82, 2.24) is 5.43 Å². The number of fused-ring (bicyclic) bond motifs is 2. The first-order chi connectivity index (χ1) is 17.2. The molecular formula is C31H29N3O. The van der Waals surface area contributed by atoms with Crippen molar-refractivity contribution in [1.29, 1.82) is 0 Å². The van der Waals surface area contributed by atoms with Crippen LogP contribution >= 0.6 is 0 Å². The molecule has 4 nitrogen and oxygen atoms in total. The number of hydrogen-bond acceptors (Lipinski definition) is 4. The molecule has 1 unspecified atom stereocenters. The fraction of sp³-hybridized carbons (Fsp3) is 0.194. The number of hydrogen-bond donors (Lipinski definition) is 1. The summed E-state index contributed by atoms with van der Waals surface area (Å²) in [5.74, 6) is 2.81. The monoisotopic (exact) mass is 459 g/mol. The number of benzene rings is 4. The number of para-hydroxylation sites is 2. The largest absolute Gasteiger partial charge is 0.457 e. The summed E-state index contributed by atoms with van der Waals surface area (Å²) in [5, 5.41) is 4.87. The second-order valence-electron chi connectivity index (χ2n) is 9.18. The van der Waals surface area contributed by atoms with Gasteiger partial charge in [0.2, 0.25) is 0 Å². The third-order valence-electron chi connectivity index (χ3n) is 7.51. The van der Waals surface area contributed by atoms with Gasteiger partial charge in [-0.2, -0.15) is 5.10 Å². The highest BCUT2D eigenvalue weighted by molar-refractivity contribution is 6.11. The molecule has 0 amide bonds. The minimum absolute atomic E-state index is 0.0799. The lowest BCUT2D eigenvalue weighted by Gasteiger charge is -2.39. The molecule has 2 aliphatic rings. The maximum atomic E-state index is 6.39. The molecule has 0 radical (unpaired) electrons. The van der Waals surface area contributed by atoms with Gasteiger partial charge in [0.15, 0.2) is 5.84 Å². The molecule has 0 aliphatic carbocycles. The second kappa shape index (κ2) is 8.62. The first-order valence-electron chi connectivity index (χ1n) is 12.4. The zero-order chi connectivity index (χ0) is 23.8. The number of nitrogens with one attached hydrogen (secondary N) is 1. The molecular weight excluding hydrogens is 430 g/mol. The highest BCUT2D eigenvalue weighted by Gasteiger charge is 2.40. The number of amidine groups is 1. The molecule has 174 valence electrons. The number of nitrogens with zero attached hydrogens (tertiary/aromatic N) is 2. The predicted octanol–water partition coefficient (Wildman–Crippen LogP) is 7.37. The Balaban J connectivity index is 1.47. The van der Waals surface area contributed by atoms with Crippen LogP contribution in [0.1, 0.15) is 55.1 Å². The van der Waals surface area contributed by atoms with Crippen molar-refractivity contribution in [3.63, 3.8) is 0 Å². The number of ether oxygens (including phenoxy) is 1. The van der Waals surface area contributed by atoms with Crippen LogP contribution in [0.2, 0.25) is 0 Å². The van der Waals surface area contributed by atoms with Crippen molar-refractivity contribution in [3.8, 4) is 11.5 Å². The van der Waals surface area contributed by atoms with Crippen molar-refractivity contribution >= 4 is 11.5 Å². The van der Waals surface area contributed by atoms with Gasteiger partial charge in [-0.25, -0.2) is 0 Å². The van der Waals surface area contributed by atoms with Gasteiger partial charge < -0.3 is 4.74 Å². The van der Waals surface area contributed by atoms with E-state index in [0.717, 1.165) is 41.4 Å². The first-order valence-corrected chi connectivity index (χ1v) is 12.4. The summed E-state index contributed by atoms with van der Waals surface area (Å²) in [7, 11) is 0. The predicted molar refractivity (Wildman–Crippen MR) is 142 cm³/mol. The molecule has 0 spiro atoms. The highest BCUT2D eigenvalue weighted by atomic mass is 16.5. The standard InChI is InChI=1S/C31H29N3O/c1-3-31(4-2)25-17-11-12-18-27(25)35-28-20-19-23(21-26(28)31)30-33-32-29(22-13-7-5-8-14-22)34(30)24-15-9-6-10-16-24/h5-21,29,32H,3-4H2,1-2H3. The van der Waals surface area contributed by atoms with E-state index < -0.39 is 0 Å². The van der Waals surface area contributed by atoms with Gasteiger partial charge >= 0.3 is 0 Å². The van der Waals surface area contributed by atoms with E-state index in [2.05, 4.69) is 115 Å². The maximum Gasteiger partial charge on any atom is 0.162 e. The smallest absolute Gasteiger partial charge is 0.162 e. The Kier molecular flexibility index (Phi) is 5.29. The Morgan fingerprint density at radius 3 is 2.17 bits per heavy atom. The summed E-state index contributed by atoms with van der Waals surface area (Å²) >= 11 is 0. The normalized spacial score (nSPS) is 17.6. The lowest BCUT2D eigenvalue weighted by Crippen LogP contribution is -2.34. The topological polar surface area (TPSA) is 36.9 Å². The second-order valence-corrected chi connectivity index (χ2v) is 9.18. The maximum absolute atomic E-state index is 6.39. The SMILES string of the molecule is CCC1(CC)c2ccccc2Oc2ccc(C3=NNC(c4ccccc4)N3c3ccccc3)cc21. The molecule has 0 saturated carbocycles. The third-order valence-corrected chi connectivity index (χ3v) is 7.51. The quantitative estimate of drug-likeness (QED) is 0.338. The molecule has 6 rings (SSSR count). The molecule has 0 bridgehead atoms. The summed E-state index contributed by atoms with van der Waals surface area (Å²) in [6.07, 6.45) is 1.92. The van der Waals surface area contributed by atoms with Gasteiger partial charge in [0.1, 0.15) is 17.7 Å². The Labute approximate surface area is 206 Å². The minimum atomic E-state index is -0.0941. The van der Waals surface area contributed by atoms with Crippen LogP contribution in [0.15, 0.2) is 108 Å². The zero-order valence-corrected chi connectivity index (χ0v) is 20.1. The van der Waals surface area contributed by atoms with Crippen LogP contribution < -0.4 is 15.1 Å². The van der Waals surface area contributed by atoms with Crippen molar-refractivity contribution in [2.24, 2.45) is 5.10 Å². The summed E-state index contributed by atoms with van der Waals surface area (Å²) in [6, 6.07) is 35.9. The van der Waals surface area contributed by atoms with Crippen LogP contribution in [0.4, 0.5) is 5.69 Å². The van der Waals surface area contributed by atoms with Crippen molar-refractivity contribution in [3.05, 3.63) is 125 Å². The van der Waals surface area contributed by atoms with Crippen molar-refractivity contribution in [2.45, 2.75) is 38.3 Å². The lowest BCUT2D eigenvalue weighted by atomic mass is 9.68. The molecule has 0 saturated heterocycles. The zero-order valence-electron chi connectivity index (χ0n) is 20.1. The molecule has 0 aromatic heterocycles. The van der Waals surface area contributed by atoms with Gasteiger partial charge in [0.05, 0.1) is 0 Å². The van der Waals surface area contributed by atoms with Gasteiger partial charge in [-0.15, -0.1) is 0 Å². The molecule has 4 aromatic rings. The number of hydrazone groups is 1. The molecule has 4 aromatic carbocycles. The summed E-state index contributed by atoms with van der Waals surface area (Å²) in [4.78, 5) is 2.29. The van der Waals surface area contributed by atoms with Crippen LogP contribution in [0.25, 0.3) is 0 Å². The van der Waals surface area contributed by atoms with E-state index in [9.17, 15) is 0 Å². The molecule has 35 heavy (non-hydrogen) atoms. The number of anilines is 1. The summed E-state index contributed by atoms with van der Waals surface area (Å²) in [6.45, 7) is 4.55. The van der Waals surface area contributed by atoms with Gasteiger partial charge in [-0.05, 0) is 54.8 Å². The van der Waals surface area contributed by atoms with E-state index in [-0.39, 0.29) is 11.6 Å². The van der Waals surface area contributed by atoms with E-state index in [1.807, 2.05) is 12.1 Å². The van der Waals surface area contributed by atoms with Gasteiger partial charge in [-0.1, -0.05) is 80.6 Å². The van der Waals surface area contributed by atoms with Gasteiger partial charge in [0, 0.05) is 27.8 Å². The Hall–Kier alpha value is -4.05. The van der Waals surface area contributed by atoms with Gasteiger partial charge in [0.25, 0.3) is 0 Å². The summed E-state index contributed by atoms with van der Waals surface area (Å²) < 4.78 is 6.39. The van der Waals surface area contributed by atoms with Crippen molar-refractivity contribution < 1.29 is 4.74 Å². The minimum Gasteiger partial charge on any atom is -0.457 e.